The van der Waals surface area contributed by atoms with E-state index in [9.17, 15) is 0 Å². The Morgan fingerprint density at radius 2 is 1.88 bits per heavy atom. The Labute approximate surface area is 103 Å². The van der Waals surface area contributed by atoms with Crippen LogP contribution in [0.3, 0.4) is 0 Å². The molecule has 90 valence electrons. The lowest BCUT2D eigenvalue weighted by Crippen LogP contribution is -2.19. The molecule has 1 aromatic heterocycles. The van der Waals surface area contributed by atoms with E-state index in [1.54, 1.807) is 0 Å². The highest BCUT2D eigenvalue weighted by molar-refractivity contribution is 5.18. The summed E-state index contributed by atoms with van der Waals surface area (Å²) in [5, 5.41) is 3.56. The standard InChI is InChI=1S/C15H20N2/c1-3-17-11-7-10-15(17)12-16-13(2)14-8-5-4-6-9-14/h4-11,13,16H,3,12H2,1-2H3/t13-/m0/s1. The first kappa shape index (κ1) is 11.9. The molecule has 0 saturated carbocycles. The van der Waals surface area contributed by atoms with Crippen LogP contribution in [-0.4, -0.2) is 4.57 Å². The van der Waals surface area contributed by atoms with Gasteiger partial charge < -0.3 is 9.88 Å². The Kier molecular flexibility index (Phi) is 3.99. The summed E-state index contributed by atoms with van der Waals surface area (Å²) in [4.78, 5) is 0. The van der Waals surface area contributed by atoms with Crippen LogP contribution in [0, 0.1) is 0 Å². The zero-order chi connectivity index (χ0) is 12.1. The molecule has 1 atom stereocenters. The lowest BCUT2D eigenvalue weighted by molar-refractivity contribution is 0.549. The van der Waals surface area contributed by atoms with Gasteiger partial charge in [-0.1, -0.05) is 30.3 Å². The predicted octanol–water partition coefficient (Wildman–Crippen LogP) is 3.36. The summed E-state index contributed by atoms with van der Waals surface area (Å²) >= 11 is 0. The highest BCUT2D eigenvalue weighted by Crippen LogP contribution is 2.12. The maximum absolute atomic E-state index is 3.56. The van der Waals surface area contributed by atoms with Gasteiger partial charge in [-0.3, -0.25) is 0 Å². The molecule has 17 heavy (non-hydrogen) atoms. The molecule has 0 aliphatic rings. The van der Waals surface area contributed by atoms with Gasteiger partial charge in [-0.05, 0) is 31.5 Å². The van der Waals surface area contributed by atoms with E-state index in [2.05, 4.69) is 72.4 Å². The van der Waals surface area contributed by atoms with E-state index in [1.165, 1.54) is 11.3 Å². The van der Waals surface area contributed by atoms with Crippen molar-refractivity contribution in [1.82, 2.24) is 9.88 Å². The number of benzene rings is 1. The lowest BCUT2D eigenvalue weighted by Gasteiger charge is -2.15. The zero-order valence-corrected chi connectivity index (χ0v) is 10.6. The van der Waals surface area contributed by atoms with Crippen LogP contribution < -0.4 is 5.32 Å². The second-order valence-electron chi connectivity index (χ2n) is 4.30. The first-order valence-corrected chi connectivity index (χ1v) is 6.23. The minimum atomic E-state index is 0.386. The van der Waals surface area contributed by atoms with Crippen LogP contribution in [0.15, 0.2) is 48.7 Å². The average molecular weight is 228 g/mol. The molecule has 2 rings (SSSR count). The van der Waals surface area contributed by atoms with E-state index in [1.807, 2.05) is 0 Å². The quantitative estimate of drug-likeness (QED) is 0.830. The van der Waals surface area contributed by atoms with Crippen molar-refractivity contribution in [2.24, 2.45) is 0 Å². The number of nitrogens with zero attached hydrogens (tertiary/aromatic N) is 1. The third kappa shape index (κ3) is 2.98. The minimum Gasteiger partial charge on any atom is -0.351 e. The summed E-state index contributed by atoms with van der Waals surface area (Å²) in [6.07, 6.45) is 2.13. The van der Waals surface area contributed by atoms with Gasteiger partial charge in [0.15, 0.2) is 0 Å². The maximum atomic E-state index is 3.56. The van der Waals surface area contributed by atoms with E-state index >= 15 is 0 Å². The summed E-state index contributed by atoms with van der Waals surface area (Å²) in [5.41, 5.74) is 2.68. The molecular weight excluding hydrogens is 208 g/mol. The van der Waals surface area contributed by atoms with E-state index in [0.29, 0.717) is 6.04 Å². The van der Waals surface area contributed by atoms with E-state index < -0.39 is 0 Å². The van der Waals surface area contributed by atoms with Gasteiger partial charge in [0.1, 0.15) is 0 Å². The Morgan fingerprint density at radius 1 is 1.12 bits per heavy atom. The molecule has 2 nitrogen and oxygen atoms in total. The molecule has 0 amide bonds. The van der Waals surface area contributed by atoms with Crippen LogP contribution in [0.5, 0.6) is 0 Å². The molecule has 1 N–H and O–H groups in total. The third-order valence-corrected chi connectivity index (χ3v) is 3.15. The van der Waals surface area contributed by atoms with Gasteiger partial charge in [0.05, 0.1) is 0 Å². The number of rotatable bonds is 5. The maximum Gasteiger partial charge on any atom is 0.0364 e. The number of aryl methyl sites for hydroxylation is 1. The highest BCUT2D eigenvalue weighted by Gasteiger charge is 2.05. The van der Waals surface area contributed by atoms with Crippen molar-refractivity contribution in [3.63, 3.8) is 0 Å². The Hall–Kier alpha value is -1.54. The van der Waals surface area contributed by atoms with Crippen molar-refractivity contribution in [2.75, 3.05) is 0 Å². The monoisotopic (exact) mass is 228 g/mol. The normalized spacial score (nSPS) is 12.6. The van der Waals surface area contributed by atoms with Crippen LogP contribution in [0.25, 0.3) is 0 Å². The predicted molar refractivity (Wildman–Crippen MR) is 71.8 cm³/mol. The van der Waals surface area contributed by atoms with Crippen LogP contribution in [0.1, 0.15) is 31.1 Å². The summed E-state index contributed by atoms with van der Waals surface area (Å²) < 4.78 is 2.27. The van der Waals surface area contributed by atoms with Crippen molar-refractivity contribution in [2.45, 2.75) is 33.0 Å². The van der Waals surface area contributed by atoms with Gasteiger partial charge in [0, 0.05) is 31.0 Å². The minimum absolute atomic E-state index is 0.386. The Morgan fingerprint density at radius 3 is 2.59 bits per heavy atom. The van der Waals surface area contributed by atoms with Crippen molar-refractivity contribution in [3.8, 4) is 0 Å². The molecule has 0 radical (unpaired) electrons. The molecule has 2 aromatic rings. The summed E-state index contributed by atoms with van der Waals surface area (Å²) in [6, 6.07) is 15.2. The molecule has 0 saturated heterocycles. The number of nitrogens with one attached hydrogen (secondary N) is 1. The van der Waals surface area contributed by atoms with Gasteiger partial charge in [-0.2, -0.15) is 0 Å². The molecule has 0 spiro atoms. The van der Waals surface area contributed by atoms with Crippen LogP contribution >= 0.6 is 0 Å². The highest BCUT2D eigenvalue weighted by atomic mass is 15.0. The van der Waals surface area contributed by atoms with Gasteiger partial charge in [0.25, 0.3) is 0 Å². The van der Waals surface area contributed by atoms with E-state index in [-0.39, 0.29) is 0 Å². The molecule has 0 unspecified atom stereocenters. The molecule has 0 fully saturated rings. The van der Waals surface area contributed by atoms with Crippen molar-refractivity contribution in [3.05, 3.63) is 59.9 Å². The second kappa shape index (κ2) is 5.69. The molecule has 0 bridgehead atoms. The fraction of sp³-hybridized carbons (Fsp3) is 0.333. The summed E-state index contributed by atoms with van der Waals surface area (Å²) in [7, 11) is 0. The topological polar surface area (TPSA) is 17.0 Å². The number of hydrogen-bond donors (Lipinski definition) is 1. The average Bonchev–Trinajstić information content (AvgIpc) is 2.84. The van der Waals surface area contributed by atoms with Crippen LogP contribution in [-0.2, 0) is 13.1 Å². The van der Waals surface area contributed by atoms with Crippen LogP contribution in [0.4, 0.5) is 0 Å². The molecular formula is C15H20N2. The smallest absolute Gasteiger partial charge is 0.0364 e. The van der Waals surface area contributed by atoms with Crippen molar-refractivity contribution in [1.29, 1.82) is 0 Å². The molecule has 1 heterocycles. The summed E-state index contributed by atoms with van der Waals surface area (Å²) in [6.45, 7) is 6.32. The van der Waals surface area contributed by atoms with Gasteiger partial charge in [0.2, 0.25) is 0 Å². The zero-order valence-electron chi connectivity index (χ0n) is 10.6. The van der Waals surface area contributed by atoms with Gasteiger partial charge >= 0.3 is 0 Å². The third-order valence-electron chi connectivity index (χ3n) is 3.15. The molecule has 1 aromatic carbocycles. The van der Waals surface area contributed by atoms with Gasteiger partial charge in [-0.25, -0.2) is 0 Å². The fourth-order valence-corrected chi connectivity index (χ4v) is 2.04. The first-order valence-electron chi connectivity index (χ1n) is 6.23. The van der Waals surface area contributed by atoms with E-state index in [0.717, 1.165) is 13.1 Å². The van der Waals surface area contributed by atoms with Crippen molar-refractivity contribution < 1.29 is 0 Å². The molecule has 0 aliphatic heterocycles. The van der Waals surface area contributed by atoms with Crippen molar-refractivity contribution >= 4 is 0 Å². The summed E-state index contributed by atoms with van der Waals surface area (Å²) in [5.74, 6) is 0. The fourth-order valence-electron chi connectivity index (χ4n) is 2.04. The molecule has 2 heteroatoms. The number of aromatic nitrogens is 1. The number of hydrogen-bond acceptors (Lipinski definition) is 1. The molecule has 0 aliphatic carbocycles. The lowest BCUT2D eigenvalue weighted by atomic mass is 10.1. The first-order chi connectivity index (χ1) is 8.31. The largest absolute Gasteiger partial charge is 0.351 e. The van der Waals surface area contributed by atoms with E-state index in [4.69, 9.17) is 0 Å². The Bertz CT molecular complexity index is 445. The SMILES string of the molecule is CCn1cccc1CN[C@@H](C)c1ccccc1. The second-order valence-corrected chi connectivity index (χ2v) is 4.30. The van der Waals surface area contributed by atoms with Gasteiger partial charge in [-0.15, -0.1) is 0 Å². The Balaban J connectivity index is 1.95. The van der Waals surface area contributed by atoms with Crippen LogP contribution in [0.2, 0.25) is 0 Å².